The molecule has 33 heavy (non-hydrogen) atoms. The highest BCUT2D eigenvalue weighted by Crippen LogP contribution is 2.35. The number of benzene rings is 2. The van der Waals surface area contributed by atoms with Gasteiger partial charge in [-0.05, 0) is 60.4 Å². The van der Waals surface area contributed by atoms with Crippen LogP contribution in [0.2, 0.25) is 0 Å². The highest BCUT2D eigenvalue weighted by Gasteiger charge is 2.33. The third-order valence-electron chi connectivity index (χ3n) is 5.51. The van der Waals surface area contributed by atoms with Gasteiger partial charge in [-0.2, -0.15) is 0 Å². The maximum absolute atomic E-state index is 13.7. The van der Waals surface area contributed by atoms with Crippen LogP contribution in [0.4, 0.5) is 10.2 Å². The highest BCUT2D eigenvalue weighted by molar-refractivity contribution is 7.91. The number of pyridine rings is 1. The summed E-state index contributed by atoms with van der Waals surface area (Å²) in [5, 5.41) is 2.70. The number of aromatic nitrogens is 1. The SMILES string of the molecule is CCS(=O)(=O)c1ccc(CC(=O)Nc2ccc(-c3cccc(F)c3)c(C(=O)C3CC3)n2)cc1. The van der Waals surface area contributed by atoms with E-state index in [9.17, 15) is 22.4 Å². The minimum atomic E-state index is -3.30. The van der Waals surface area contributed by atoms with Crippen LogP contribution in [-0.4, -0.2) is 30.8 Å². The molecule has 0 aliphatic heterocycles. The zero-order valence-electron chi connectivity index (χ0n) is 18.0. The van der Waals surface area contributed by atoms with Crippen LogP contribution in [0.3, 0.4) is 0 Å². The summed E-state index contributed by atoms with van der Waals surface area (Å²) in [6.45, 7) is 1.57. The van der Waals surface area contributed by atoms with Crippen molar-refractivity contribution in [3.05, 3.63) is 77.7 Å². The number of nitrogens with zero attached hydrogens (tertiary/aromatic N) is 1. The minimum Gasteiger partial charge on any atom is -0.310 e. The molecule has 0 spiro atoms. The summed E-state index contributed by atoms with van der Waals surface area (Å²) in [6, 6.07) is 15.4. The van der Waals surface area contributed by atoms with Crippen molar-refractivity contribution in [2.75, 3.05) is 11.1 Å². The summed E-state index contributed by atoms with van der Waals surface area (Å²) in [7, 11) is -3.30. The van der Waals surface area contributed by atoms with Gasteiger partial charge in [0.25, 0.3) is 0 Å². The molecule has 0 saturated heterocycles. The molecule has 1 fully saturated rings. The van der Waals surface area contributed by atoms with E-state index < -0.39 is 15.7 Å². The number of rotatable bonds is 8. The first-order valence-corrected chi connectivity index (χ1v) is 12.3. The minimum absolute atomic E-state index is 0.00598. The molecule has 1 aliphatic rings. The van der Waals surface area contributed by atoms with Crippen LogP contribution in [0.15, 0.2) is 65.6 Å². The van der Waals surface area contributed by atoms with Crippen molar-refractivity contribution in [2.45, 2.75) is 31.1 Å². The molecular formula is C25H23FN2O4S. The molecule has 0 atom stereocenters. The number of Topliss-reactive ketones (excluding diaryl/α,β-unsaturated/α-hetero) is 1. The molecule has 170 valence electrons. The topological polar surface area (TPSA) is 93.2 Å². The van der Waals surface area contributed by atoms with Crippen molar-refractivity contribution in [2.24, 2.45) is 5.92 Å². The maximum atomic E-state index is 13.7. The lowest BCUT2D eigenvalue weighted by atomic mass is 10.00. The second-order valence-electron chi connectivity index (χ2n) is 8.01. The van der Waals surface area contributed by atoms with Gasteiger partial charge in [0.1, 0.15) is 17.3 Å². The summed E-state index contributed by atoms with van der Waals surface area (Å²) in [5.41, 5.74) is 1.94. The number of carbonyl (C=O) groups excluding carboxylic acids is 2. The van der Waals surface area contributed by atoms with Gasteiger partial charge < -0.3 is 5.32 Å². The quantitative estimate of drug-likeness (QED) is 0.495. The predicted molar refractivity (Wildman–Crippen MR) is 123 cm³/mol. The predicted octanol–water partition coefficient (Wildman–Crippen LogP) is 4.46. The molecule has 1 heterocycles. The third-order valence-corrected chi connectivity index (χ3v) is 7.26. The Morgan fingerprint density at radius 2 is 1.79 bits per heavy atom. The van der Waals surface area contributed by atoms with Crippen molar-refractivity contribution in [3.63, 3.8) is 0 Å². The highest BCUT2D eigenvalue weighted by atomic mass is 32.2. The largest absolute Gasteiger partial charge is 0.310 e. The second kappa shape index (κ2) is 9.23. The Labute approximate surface area is 191 Å². The summed E-state index contributed by atoms with van der Waals surface area (Å²) < 4.78 is 37.6. The van der Waals surface area contributed by atoms with Crippen LogP contribution in [0.1, 0.15) is 35.8 Å². The molecule has 0 bridgehead atoms. The fourth-order valence-electron chi connectivity index (χ4n) is 3.50. The van der Waals surface area contributed by atoms with E-state index in [0.717, 1.165) is 12.8 Å². The van der Waals surface area contributed by atoms with E-state index >= 15 is 0 Å². The average Bonchev–Trinajstić information content (AvgIpc) is 3.64. The van der Waals surface area contributed by atoms with E-state index in [1.165, 1.54) is 24.3 Å². The number of amides is 1. The Morgan fingerprint density at radius 1 is 1.06 bits per heavy atom. The van der Waals surface area contributed by atoms with Crippen molar-refractivity contribution in [1.82, 2.24) is 4.98 Å². The number of hydrogen-bond acceptors (Lipinski definition) is 5. The van der Waals surface area contributed by atoms with Crippen molar-refractivity contribution in [1.29, 1.82) is 0 Å². The average molecular weight is 467 g/mol. The first kappa shape index (κ1) is 22.8. The number of ketones is 1. The van der Waals surface area contributed by atoms with Gasteiger partial charge in [0.15, 0.2) is 15.6 Å². The van der Waals surface area contributed by atoms with Crippen LogP contribution in [0.5, 0.6) is 0 Å². The fourth-order valence-corrected chi connectivity index (χ4v) is 4.38. The zero-order valence-corrected chi connectivity index (χ0v) is 18.9. The van der Waals surface area contributed by atoms with Crippen LogP contribution in [0, 0.1) is 11.7 Å². The third kappa shape index (κ3) is 5.34. The Kier molecular flexibility index (Phi) is 6.37. The summed E-state index contributed by atoms with van der Waals surface area (Å²) >= 11 is 0. The van der Waals surface area contributed by atoms with E-state index in [2.05, 4.69) is 10.3 Å². The lowest BCUT2D eigenvalue weighted by molar-refractivity contribution is -0.115. The van der Waals surface area contributed by atoms with E-state index in [1.807, 2.05) is 0 Å². The fraction of sp³-hybridized carbons (Fsp3) is 0.240. The first-order valence-electron chi connectivity index (χ1n) is 10.7. The van der Waals surface area contributed by atoms with E-state index in [0.29, 0.717) is 16.7 Å². The first-order chi connectivity index (χ1) is 15.8. The molecule has 1 N–H and O–H groups in total. The maximum Gasteiger partial charge on any atom is 0.229 e. The van der Waals surface area contributed by atoms with Gasteiger partial charge in [0.05, 0.1) is 17.1 Å². The van der Waals surface area contributed by atoms with Crippen LogP contribution < -0.4 is 5.32 Å². The number of halogens is 1. The molecule has 1 aliphatic carbocycles. The molecule has 1 aromatic heterocycles. The Balaban J connectivity index is 1.54. The lowest BCUT2D eigenvalue weighted by Gasteiger charge is -2.12. The van der Waals surface area contributed by atoms with E-state index in [1.54, 1.807) is 43.3 Å². The van der Waals surface area contributed by atoms with Gasteiger partial charge >= 0.3 is 0 Å². The molecule has 2 aromatic carbocycles. The molecule has 1 saturated carbocycles. The summed E-state index contributed by atoms with van der Waals surface area (Å²) in [6.07, 6.45) is 1.61. The van der Waals surface area contributed by atoms with Gasteiger partial charge in [-0.15, -0.1) is 0 Å². The molecule has 4 rings (SSSR count). The zero-order chi connectivity index (χ0) is 23.6. The van der Waals surface area contributed by atoms with E-state index in [4.69, 9.17) is 0 Å². The monoisotopic (exact) mass is 466 g/mol. The van der Waals surface area contributed by atoms with Crippen LogP contribution in [0.25, 0.3) is 11.1 Å². The van der Waals surface area contributed by atoms with Gasteiger partial charge in [-0.1, -0.05) is 31.2 Å². The van der Waals surface area contributed by atoms with E-state index in [-0.39, 0.29) is 46.2 Å². The number of anilines is 1. The normalized spacial score (nSPS) is 13.5. The van der Waals surface area contributed by atoms with Crippen molar-refractivity contribution < 1.29 is 22.4 Å². The summed E-state index contributed by atoms with van der Waals surface area (Å²) in [4.78, 5) is 30.0. The molecular weight excluding hydrogens is 443 g/mol. The molecule has 6 nitrogen and oxygen atoms in total. The number of hydrogen-bond donors (Lipinski definition) is 1. The van der Waals surface area contributed by atoms with Gasteiger partial charge in [0, 0.05) is 11.5 Å². The Hall–Kier alpha value is -3.39. The second-order valence-corrected chi connectivity index (χ2v) is 10.3. The molecule has 0 radical (unpaired) electrons. The molecule has 8 heteroatoms. The lowest BCUT2D eigenvalue weighted by Crippen LogP contribution is -2.17. The summed E-state index contributed by atoms with van der Waals surface area (Å²) in [5.74, 6) is -0.725. The smallest absolute Gasteiger partial charge is 0.229 e. The van der Waals surface area contributed by atoms with Gasteiger partial charge in [-0.3, -0.25) is 9.59 Å². The number of sulfone groups is 1. The van der Waals surface area contributed by atoms with Crippen molar-refractivity contribution >= 4 is 27.3 Å². The number of carbonyl (C=O) groups is 2. The molecule has 1 amide bonds. The standard InChI is InChI=1S/C25H23FN2O4S/c1-2-33(31,32)20-10-6-16(7-11-20)14-23(29)27-22-13-12-21(18-4-3-5-19(26)15-18)24(28-22)25(30)17-8-9-17/h3-7,10-13,15,17H,2,8-9,14H2,1H3,(H,27,28,29). The molecule has 0 unspecified atom stereocenters. The number of nitrogens with one attached hydrogen (secondary N) is 1. The molecule has 3 aromatic rings. The van der Waals surface area contributed by atoms with Crippen LogP contribution in [-0.2, 0) is 21.1 Å². The van der Waals surface area contributed by atoms with Crippen LogP contribution >= 0.6 is 0 Å². The Bertz CT molecular complexity index is 1320. The Morgan fingerprint density at radius 3 is 2.42 bits per heavy atom. The van der Waals surface area contributed by atoms with Gasteiger partial charge in [0.2, 0.25) is 5.91 Å². The van der Waals surface area contributed by atoms with Crippen molar-refractivity contribution in [3.8, 4) is 11.1 Å². The van der Waals surface area contributed by atoms with Gasteiger partial charge in [-0.25, -0.2) is 17.8 Å².